The summed E-state index contributed by atoms with van der Waals surface area (Å²) in [6.45, 7) is 2.29. The molecule has 0 atom stereocenters. The third-order valence-electron chi connectivity index (χ3n) is 3.45. The Morgan fingerprint density at radius 3 is 2.52 bits per heavy atom. The third-order valence-corrected chi connectivity index (χ3v) is 4.40. The average molecular weight is 354 g/mol. The maximum absolute atomic E-state index is 11.1. The van der Waals surface area contributed by atoms with E-state index >= 15 is 0 Å². The molecular weight excluding hydrogens is 336 g/mol. The molecule has 0 spiro atoms. The molecule has 0 fully saturated rings. The van der Waals surface area contributed by atoms with Gasteiger partial charge < -0.3 is 10.5 Å². The quantitative estimate of drug-likeness (QED) is 0.660. The van der Waals surface area contributed by atoms with Crippen LogP contribution < -0.4 is 10.5 Å². The molecule has 0 unspecified atom stereocenters. The van der Waals surface area contributed by atoms with Crippen LogP contribution in [0.25, 0.3) is 5.69 Å². The largest absolute Gasteiger partial charge is 0.486 e. The Hall–Kier alpha value is -2.80. The number of aryl methyl sites for hydroxylation is 1. The van der Waals surface area contributed by atoms with Crippen LogP contribution in [0.15, 0.2) is 59.8 Å². The van der Waals surface area contributed by atoms with E-state index in [2.05, 4.69) is 10.2 Å². The molecule has 6 nitrogen and oxygen atoms in total. The molecule has 0 aliphatic heterocycles. The first-order valence-electron chi connectivity index (χ1n) is 7.74. The van der Waals surface area contributed by atoms with E-state index in [0.717, 1.165) is 17.0 Å². The van der Waals surface area contributed by atoms with Crippen molar-refractivity contribution in [3.63, 3.8) is 0 Å². The highest BCUT2D eigenvalue weighted by molar-refractivity contribution is 7.99. The number of primary amides is 1. The van der Waals surface area contributed by atoms with Crippen LogP contribution in [0.2, 0.25) is 0 Å². The Kier molecular flexibility index (Phi) is 5.35. The van der Waals surface area contributed by atoms with Gasteiger partial charge in [-0.25, -0.2) is 0 Å². The third kappa shape index (κ3) is 4.39. The molecule has 1 aromatic heterocycles. The number of nitrogens with zero attached hydrogens (tertiary/aromatic N) is 3. The number of para-hydroxylation sites is 1. The van der Waals surface area contributed by atoms with Crippen molar-refractivity contribution in [2.75, 3.05) is 5.75 Å². The van der Waals surface area contributed by atoms with E-state index in [9.17, 15) is 4.79 Å². The highest BCUT2D eigenvalue weighted by Crippen LogP contribution is 2.23. The number of carbonyl (C=O) groups excluding carboxylic acids is 1. The lowest BCUT2D eigenvalue weighted by atomic mass is 10.2. The lowest BCUT2D eigenvalue weighted by Gasteiger charge is -2.11. The van der Waals surface area contributed by atoms with Gasteiger partial charge in [-0.15, -0.1) is 10.2 Å². The van der Waals surface area contributed by atoms with Crippen molar-refractivity contribution in [1.82, 2.24) is 14.8 Å². The number of carbonyl (C=O) groups is 1. The highest BCUT2D eigenvalue weighted by Gasteiger charge is 2.16. The number of aromatic nitrogens is 3. The fourth-order valence-corrected chi connectivity index (χ4v) is 2.95. The fraction of sp³-hybridized carbons (Fsp3) is 0.167. The molecule has 0 radical (unpaired) electrons. The minimum absolute atomic E-state index is 0.142. The summed E-state index contributed by atoms with van der Waals surface area (Å²) in [4.78, 5) is 11.1. The molecule has 1 amide bonds. The molecule has 0 bridgehead atoms. The number of hydrogen-bond donors (Lipinski definition) is 1. The number of ether oxygens (including phenoxy) is 1. The van der Waals surface area contributed by atoms with Crippen molar-refractivity contribution in [3.8, 4) is 11.4 Å². The Balaban J connectivity index is 1.88. The van der Waals surface area contributed by atoms with E-state index in [4.69, 9.17) is 10.5 Å². The summed E-state index contributed by atoms with van der Waals surface area (Å²) in [6, 6.07) is 17.5. The van der Waals surface area contributed by atoms with E-state index in [-0.39, 0.29) is 12.4 Å². The van der Waals surface area contributed by atoms with Gasteiger partial charge in [-0.3, -0.25) is 9.36 Å². The van der Waals surface area contributed by atoms with Gasteiger partial charge >= 0.3 is 0 Å². The van der Waals surface area contributed by atoms with Gasteiger partial charge in [-0.05, 0) is 31.2 Å². The van der Waals surface area contributed by atoms with Gasteiger partial charge in [0.15, 0.2) is 11.0 Å². The number of amides is 1. The number of thioether (sulfide) groups is 1. The van der Waals surface area contributed by atoms with Crippen molar-refractivity contribution in [2.45, 2.75) is 18.7 Å². The fourth-order valence-electron chi connectivity index (χ4n) is 2.24. The first-order chi connectivity index (χ1) is 12.1. The zero-order valence-electron chi connectivity index (χ0n) is 13.8. The normalized spacial score (nSPS) is 10.6. The molecule has 0 aliphatic carbocycles. The van der Waals surface area contributed by atoms with Crippen molar-refractivity contribution in [3.05, 3.63) is 66.0 Å². The number of nitrogens with two attached hydrogens (primary N) is 1. The van der Waals surface area contributed by atoms with Crippen LogP contribution >= 0.6 is 11.8 Å². The molecular formula is C18H18N4O2S. The molecule has 2 aromatic carbocycles. The maximum Gasteiger partial charge on any atom is 0.227 e. The first-order valence-corrected chi connectivity index (χ1v) is 8.72. The summed E-state index contributed by atoms with van der Waals surface area (Å²) in [5.74, 6) is 1.15. The maximum atomic E-state index is 11.1. The zero-order chi connectivity index (χ0) is 17.6. The van der Waals surface area contributed by atoms with Gasteiger partial charge in [0.2, 0.25) is 5.91 Å². The van der Waals surface area contributed by atoms with Gasteiger partial charge in [0.25, 0.3) is 0 Å². The Morgan fingerprint density at radius 2 is 1.84 bits per heavy atom. The minimum atomic E-state index is -0.398. The molecule has 3 rings (SSSR count). The first kappa shape index (κ1) is 17.0. The van der Waals surface area contributed by atoms with Crippen molar-refractivity contribution in [1.29, 1.82) is 0 Å². The van der Waals surface area contributed by atoms with Crippen LogP contribution in [-0.4, -0.2) is 26.4 Å². The summed E-state index contributed by atoms with van der Waals surface area (Å²) >= 11 is 1.26. The van der Waals surface area contributed by atoms with Gasteiger partial charge in [-0.2, -0.15) is 0 Å². The smallest absolute Gasteiger partial charge is 0.227 e. The topological polar surface area (TPSA) is 83.0 Å². The molecule has 25 heavy (non-hydrogen) atoms. The lowest BCUT2D eigenvalue weighted by Crippen LogP contribution is -2.14. The van der Waals surface area contributed by atoms with Crippen LogP contribution in [0.3, 0.4) is 0 Å². The van der Waals surface area contributed by atoms with Crippen molar-refractivity contribution < 1.29 is 9.53 Å². The van der Waals surface area contributed by atoms with Crippen molar-refractivity contribution in [2.24, 2.45) is 5.73 Å². The van der Waals surface area contributed by atoms with Crippen LogP contribution in [0.1, 0.15) is 11.4 Å². The summed E-state index contributed by atoms with van der Waals surface area (Å²) < 4.78 is 7.68. The molecule has 0 aliphatic rings. The van der Waals surface area contributed by atoms with Gasteiger partial charge in [0.1, 0.15) is 12.4 Å². The van der Waals surface area contributed by atoms with E-state index in [0.29, 0.717) is 11.0 Å². The zero-order valence-corrected chi connectivity index (χ0v) is 14.6. The van der Waals surface area contributed by atoms with Crippen LogP contribution in [0, 0.1) is 6.92 Å². The van der Waals surface area contributed by atoms with E-state index in [1.807, 2.05) is 66.1 Å². The standard InChI is InChI=1S/C18H18N4O2S/c1-13-7-9-14(10-8-13)22-17(11-24-15-5-3-2-4-6-15)20-21-18(22)25-12-16(19)23/h2-10H,11-12H2,1H3,(H2,19,23). The highest BCUT2D eigenvalue weighted by atomic mass is 32.2. The predicted molar refractivity (Wildman–Crippen MR) is 96.8 cm³/mol. The van der Waals surface area contributed by atoms with Crippen LogP contribution in [0.5, 0.6) is 5.75 Å². The monoisotopic (exact) mass is 354 g/mol. The molecule has 128 valence electrons. The second-order valence-corrected chi connectivity index (χ2v) is 6.37. The molecule has 0 saturated carbocycles. The minimum Gasteiger partial charge on any atom is -0.486 e. The number of rotatable bonds is 7. The SMILES string of the molecule is Cc1ccc(-n2c(COc3ccccc3)nnc2SCC(N)=O)cc1. The van der Waals surface area contributed by atoms with Gasteiger partial charge in [0, 0.05) is 5.69 Å². The molecule has 1 heterocycles. The number of benzene rings is 2. The van der Waals surface area contributed by atoms with Gasteiger partial charge in [-0.1, -0.05) is 47.7 Å². The van der Waals surface area contributed by atoms with Crippen LogP contribution in [-0.2, 0) is 11.4 Å². The molecule has 3 aromatic rings. The summed E-state index contributed by atoms with van der Waals surface area (Å²) in [7, 11) is 0. The molecule has 0 saturated heterocycles. The molecule has 7 heteroatoms. The van der Waals surface area contributed by atoms with Gasteiger partial charge in [0.05, 0.1) is 5.75 Å². The summed E-state index contributed by atoms with van der Waals surface area (Å²) in [6.07, 6.45) is 0. The number of hydrogen-bond acceptors (Lipinski definition) is 5. The Morgan fingerprint density at radius 1 is 1.12 bits per heavy atom. The van der Waals surface area contributed by atoms with E-state index in [1.54, 1.807) is 0 Å². The summed E-state index contributed by atoms with van der Waals surface area (Å²) in [5.41, 5.74) is 7.32. The Labute approximate surface area is 150 Å². The van der Waals surface area contributed by atoms with Crippen LogP contribution in [0.4, 0.5) is 0 Å². The lowest BCUT2D eigenvalue weighted by molar-refractivity contribution is -0.115. The Bertz CT molecular complexity index is 847. The predicted octanol–water partition coefficient (Wildman–Crippen LogP) is 2.73. The molecule has 2 N–H and O–H groups in total. The second-order valence-electron chi connectivity index (χ2n) is 5.43. The van der Waals surface area contributed by atoms with Crippen molar-refractivity contribution >= 4 is 17.7 Å². The van der Waals surface area contributed by atoms with E-state index in [1.165, 1.54) is 11.8 Å². The summed E-state index contributed by atoms with van der Waals surface area (Å²) in [5, 5.41) is 9.02. The average Bonchev–Trinajstić information content (AvgIpc) is 3.02. The second kappa shape index (κ2) is 7.85. The van der Waals surface area contributed by atoms with E-state index < -0.39 is 5.91 Å².